The number of nitrogens with zero attached hydrogens (tertiary/aromatic N) is 2. The fraction of sp³-hybridized carbons (Fsp3) is 0.0588. The molecular formula is C17H12N2O2S2. The molecular weight excluding hydrogens is 328 g/mol. The Morgan fingerprint density at radius 3 is 2.65 bits per heavy atom. The normalized spacial score (nSPS) is 11.0. The number of fused-ring (bicyclic) bond motifs is 1. The summed E-state index contributed by atoms with van der Waals surface area (Å²) >= 11 is 3.12. The van der Waals surface area contributed by atoms with Crippen LogP contribution in [0.4, 0.5) is 0 Å². The number of imidazole rings is 1. The van der Waals surface area contributed by atoms with Gasteiger partial charge < -0.3 is 4.74 Å². The lowest BCUT2D eigenvalue weighted by molar-refractivity contribution is 0.111. The van der Waals surface area contributed by atoms with Crippen LogP contribution in [-0.2, 0) is 0 Å². The van der Waals surface area contributed by atoms with Gasteiger partial charge in [0.25, 0.3) is 0 Å². The van der Waals surface area contributed by atoms with Crippen LogP contribution in [0.2, 0.25) is 0 Å². The molecule has 0 amide bonds. The molecule has 1 aromatic carbocycles. The molecule has 0 aliphatic carbocycles. The summed E-state index contributed by atoms with van der Waals surface area (Å²) in [6.07, 6.45) is 0.884. The van der Waals surface area contributed by atoms with E-state index in [1.54, 1.807) is 18.4 Å². The third-order valence-electron chi connectivity index (χ3n) is 3.65. The molecule has 0 aliphatic rings. The predicted molar refractivity (Wildman–Crippen MR) is 93.8 cm³/mol. The number of aromatic nitrogens is 2. The maximum atomic E-state index is 11.7. The van der Waals surface area contributed by atoms with Crippen LogP contribution in [0.25, 0.3) is 26.8 Å². The van der Waals surface area contributed by atoms with E-state index in [-0.39, 0.29) is 0 Å². The van der Waals surface area contributed by atoms with Gasteiger partial charge in [0.2, 0.25) is 0 Å². The van der Waals surface area contributed by atoms with Crippen molar-refractivity contribution in [1.82, 2.24) is 9.38 Å². The van der Waals surface area contributed by atoms with E-state index in [2.05, 4.69) is 4.98 Å². The molecule has 0 fully saturated rings. The number of rotatable bonds is 4. The molecule has 6 heteroatoms. The van der Waals surface area contributed by atoms with Crippen molar-refractivity contribution >= 4 is 33.9 Å². The number of hydrogen-bond acceptors (Lipinski definition) is 5. The Morgan fingerprint density at radius 2 is 2.00 bits per heavy atom. The van der Waals surface area contributed by atoms with Gasteiger partial charge in [-0.15, -0.1) is 22.7 Å². The fourth-order valence-corrected chi connectivity index (χ4v) is 4.17. The van der Waals surface area contributed by atoms with Crippen LogP contribution in [0.5, 0.6) is 5.75 Å². The molecule has 0 bridgehead atoms. The summed E-state index contributed by atoms with van der Waals surface area (Å²) in [5.74, 6) is 0.806. The summed E-state index contributed by atoms with van der Waals surface area (Å²) in [6, 6.07) is 11.7. The molecule has 114 valence electrons. The van der Waals surface area contributed by atoms with Crippen molar-refractivity contribution in [3.63, 3.8) is 0 Å². The fourth-order valence-electron chi connectivity index (χ4n) is 2.55. The second-order valence-corrected chi connectivity index (χ2v) is 6.69. The minimum atomic E-state index is 0.592. The van der Waals surface area contributed by atoms with E-state index >= 15 is 0 Å². The zero-order valence-electron chi connectivity index (χ0n) is 12.2. The van der Waals surface area contributed by atoms with E-state index in [1.807, 2.05) is 51.6 Å². The van der Waals surface area contributed by atoms with Gasteiger partial charge in [0, 0.05) is 5.38 Å². The third-order valence-corrected chi connectivity index (χ3v) is 5.35. The molecule has 0 N–H and O–H groups in total. The molecule has 23 heavy (non-hydrogen) atoms. The molecule has 0 saturated heterocycles. The summed E-state index contributed by atoms with van der Waals surface area (Å²) in [5.41, 5.74) is 3.33. The SMILES string of the molecule is COc1ccc(-c2csc3nc(-c4cccs4)c(C=O)n23)cc1. The molecule has 0 saturated carbocycles. The van der Waals surface area contributed by atoms with E-state index in [1.165, 1.54) is 11.3 Å². The number of benzene rings is 1. The Labute approximate surface area is 140 Å². The van der Waals surface area contributed by atoms with Gasteiger partial charge in [0.15, 0.2) is 11.2 Å². The maximum Gasteiger partial charge on any atom is 0.195 e. The van der Waals surface area contributed by atoms with Crippen LogP contribution in [0, 0.1) is 0 Å². The predicted octanol–water partition coefficient (Wildman–Crippen LogP) is 4.61. The number of thiazole rings is 1. The number of ether oxygens (including phenoxy) is 1. The largest absolute Gasteiger partial charge is 0.497 e. The average molecular weight is 340 g/mol. The molecule has 0 aliphatic heterocycles. The summed E-state index contributed by atoms with van der Waals surface area (Å²) in [6.45, 7) is 0. The van der Waals surface area contributed by atoms with E-state index in [0.717, 1.165) is 38.8 Å². The first-order valence-electron chi connectivity index (χ1n) is 6.95. The molecule has 0 atom stereocenters. The Kier molecular flexibility index (Phi) is 3.48. The van der Waals surface area contributed by atoms with Crippen molar-refractivity contribution in [2.75, 3.05) is 7.11 Å². The second kappa shape index (κ2) is 5.64. The van der Waals surface area contributed by atoms with E-state index < -0.39 is 0 Å². The minimum Gasteiger partial charge on any atom is -0.497 e. The highest BCUT2D eigenvalue weighted by molar-refractivity contribution is 7.15. The van der Waals surface area contributed by atoms with Crippen LogP contribution >= 0.6 is 22.7 Å². The van der Waals surface area contributed by atoms with Gasteiger partial charge in [-0.05, 0) is 41.3 Å². The number of methoxy groups -OCH3 is 1. The lowest BCUT2D eigenvalue weighted by Gasteiger charge is -2.04. The second-order valence-electron chi connectivity index (χ2n) is 4.91. The van der Waals surface area contributed by atoms with Gasteiger partial charge in [-0.3, -0.25) is 9.20 Å². The first-order chi connectivity index (χ1) is 11.3. The molecule has 3 aromatic heterocycles. The van der Waals surface area contributed by atoms with Gasteiger partial charge in [-0.25, -0.2) is 4.98 Å². The number of thiophene rings is 1. The smallest absolute Gasteiger partial charge is 0.195 e. The highest BCUT2D eigenvalue weighted by Crippen LogP contribution is 2.34. The first-order valence-corrected chi connectivity index (χ1v) is 8.71. The van der Waals surface area contributed by atoms with Crippen LogP contribution in [0.15, 0.2) is 47.2 Å². The first kappa shape index (κ1) is 14.2. The standard InChI is InChI=1S/C17H12N2O2S2/c1-21-12-6-4-11(5-7-12)14-10-23-17-18-16(13(9-20)19(14)17)15-3-2-8-22-15/h2-10H,1H3. The Balaban J connectivity index is 1.92. The average Bonchev–Trinajstić information content (AvgIpc) is 3.30. The van der Waals surface area contributed by atoms with Crippen molar-refractivity contribution in [2.45, 2.75) is 0 Å². The molecule has 0 spiro atoms. The lowest BCUT2D eigenvalue weighted by atomic mass is 10.1. The zero-order chi connectivity index (χ0) is 15.8. The van der Waals surface area contributed by atoms with Crippen molar-refractivity contribution in [3.8, 4) is 27.6 Å². The summed E-state index contributed by atoms with van der Waals surface area (Å²) in [4.78, 5) is 18.2. The van der Waals surface area contributed by atoms with Crippen molar-refractivity contribution in [2.24, 2.45) is 0 Å². The van der Waals surface area contributed by atoms with Crippen molar-refractivity contribution < 1.29 is 9.53 Å². The molecule has 4 nitrogen and oxygen atoms in total. The van der Waals surface area contributed by atoms with E-state index in [0.29, 0.717) is 5.69 Å². The van der Waals surface area contributed by atoms with Crippen LogP contribution in [0.1, 0.15) is 10.5 Å². The summed E-state index contributed by atoms with van der Waals surface area (Å²) in [5, 5.41) is 4.01. The summed E-state index contributed by atoms with van der Waals surface area (Å²) in [7, 11) is 1.64. The Hall–Kier alpha value is -2.44. The highest BCUT2D eigenvalue weighted by Gasteiger charge is 2.18. The van der Waals surface area contributed by atoms with Gasteiger partial charge in [0.05, 0.1) is 17.7 Å². The Bertz CT molecular complexity index is 966. The minimum absolute atomic E-state index is 0.592. The number of carbonyl (C=O) groups is 1. The molecule has 0 unspecified atom stereocenters. The third kappa shape index (κ3) is 2.27. The quantitative estimate of drug-likeness (QED) is 0.509. The van der Waals surface area contributed by atoms with Gasteiger partial charge in [-0.1, -0.05) is 6.07 Å². The topological polar surface area (TPSA) is 43.6 Å². The van der Waals surface area contributed by atoms with Crippen molar-refractivity contribution in [1.29, 1.82) is 0 Å². The number of carbonyl (C=O) groups excluding carboxylic acids is 1. The van der Waals surface area contributed by atoms with Crippen molar-refractivity contribution in [3.05, 3.63) is 52.9 Å². The monoisotopic (exact) mass is 340 g/mol. The highest BCUT2D eigenvalue weighted by atomic mass is 32.1. The number of hydrogen-bond donors (Lipinski definition) is 0. The maximum absolute atomic E-state index is 11.7. The Morgan fingerprint density at radius 1 is 1.17 bits per heavy atom. The van der Waals surface area contributed by atoms with Crippen LogP contribution in [0.3, 0.4) is 0 Å². The zero-order valence-corrected chi connectivity index (χ0v) is 13.9. The van der Waals surface area contributed by atoms with Crippen LogP contribution in [-0.4, -0.2) is 22.8 Å². The summed E-state index contributed by atoms with van der Waals surface area (Å²) < 4.78 is 7.13. The van der Waals surface area contributed by atoms with Gasteiger partial charge in [-0.2, -0.15) is 0 Å². The van der Waals surface area contributed by atoms with E-state index in [9.17, 15) is 4.79 Å². The molecule has 0 radical (unpaired) electrons. The van der Waals surface area contributed by atoms with E-state index in [4.69, 9.17) is 4.74 Å². The molecule has 4 rings (SSSR count). The van der Waals surface area contributed by atoms with Gasteiger partial charge >= 0.3 is 0 Å². The lowest BCUT2D eigenvalue weighted by Crippen LogP contribution is -1.93. The number of aldehydes is 1. The molecule has 3 heterocycles. The molecule has 4 aromatic rings. The van der Waals surface area contributed by atoms with Crippen LogP contribution < -0.4 is 4.74 Å². The van der Waals surface area contributed by atoms with Gasteiger partial charge in [0.1, 0.15) is 17.1 Å².